The van der Waals surface area contributed by atoms with Crippen molar-refractivity contribution in [2.75, 3.05) is 0 Å². The van der Waals surface area contributed by atoms with Gasteiger partial charge in [0.25, 0.3) is 0 Å². The Bertz CT molecular complexity index is 642. The second kappa shape index (κ2) is 5.97. The van der Waals surface area contributed by atoms with Crippen LogP contribution < -0.4 is 0 Å². The van der Waals surface area contributed by atoms with Crippen LogP contribution in [-0.4, -0.2) is 5.78 Å². The van der Waals surface area contributed by atoms with Crippen molar-refractivity contribution in [2.24, 2.45) is 0 Å². The molecule has 0 aromatic heterocycles. The van der Waals surface area contributed by atoms with E-state index in [2.05, 4.69) is 15.9 Å². The summed E-state index contributed by atoms with van der Waals surface area (Å²) in [5, 5.41) is 0. The maximum Gasteiger partial charge on any atom is 0.416 e. The molecule has 0 aliphatic carbocycles. The predicted molar refractivity (Wildman–Crippen MR) is 73.6 cm³/mol. The quantitative estimate of drug-likeness (QED) is 0.554. The number of carbonyl (C=O) groups excluding carboxylic acids is 1. The molecule has 21 heavy (non-hydrogen) atoms. The van der Waals surface area contributed by atoms with E-state index in [4.69, 9.17) is 0 Å². The minimum atomic E-state index is -4.41. The minimum absolute atomic E-state index is 0.0893. The van der Waals surface area contributed by atoms with Crippen LogP contribution in [0.3, 0.4) is 0 Å². The largest absolute Gasteiger partial charge is 0.416 e. The highest BCUT2D eigenvalue weighted by molar-refractivity contribution is 9.10. The molecule has 2 aromatic carbocycles. The molecule has 0 aliphatic rings. The highest BCUT2D eigenvalue weighted by Crippen LogP contribution is 2.29. The van der Waals surface area contributed by atoms with E-state index in [1.165, 1.54) is 24.3 Å². The van der Waals surface area contributed by atoms with Crippen molar-refractivity contribution in [3.05, 3.63) is 69.4 Å². The highest BCUT2D eigenvalue weighted by Gasteiger charge is 2.29. The standard InChI is InChI=1S/C15H9BrF4O/c16-12-6-10(7-13(17)8-12)14(21)5-9-1-3-11(4-2-9)15(18,19)20/h1-4,6-8H,5H2. The van der Waals surface area contributed by atoms with Gasteiger partial charge in [-0.3, -0.25) is 4.79 Å². The summed E-state index contributed by atoms with van der Waals surface area (Å²) in [4.78, 5) is 12.0. The molecule has 1 nitrogen and oxygen atoms in total. The number of carbonyl (C=O) groups is 1. The van der Waals surface area contributed by atoms with E-state index in [1.807, 2.05) is 0 Å². The van der Waals surface area contributed by atoms with Gasteiger partial charge in [-0.15, -0.1) is 0 Å². The summed E-state index contributed by atoms with van der Waals surface area (Å²) >= 11 is 3.08. The predicted octanol–water partition coefficient (Wildman–Crippen LogP) is 5.03. The second-order valence-electron chi connectivity index (χ2n) is 4.45. The number of ketones is 1. The SMILES string of the molecule is O=C(Cc1ccc(C(F)(F)F)cc1)c1cc(F)cc(Br)c1. The number of hydrogen-bond donors (Lipinski definition) is 0. The molecule has 2 aromatic rings. The van der Waals surface area contributed by atoms with Crippen LogP contribution in [0.15, 0.2) is 46.9 Å². The molecule has 0 saturated heterocycles. The van der Waals surface area contributed by atoms with Gasteiger partial charge < -0.3 is 0 Å². The molecule has 0 N–H and O–H groups in total. The Balaban J connectivity index is 2.16. The van der Waals surface area contributed by atoms with Crippen LogP contribution in [0, 0.1) is 5.82 Å². The van der Waals surface area contributed by atoms with E-state index in [9.17, 15) is 22.4 Å². The van der Waals surface area contributed by atoms with Gasteiger partial charge in [0.2, 0.25) is 0 Å². The Morgan fingerprint density at radius 1 is 1.05 bits per heavy atom. The summed E-state index contributed by atoms with van der Waals surface area (Å²) in [6.45, 7) is 0. The van der Waals surface area contributed by atoms with Crippen LogP contribution in [0.4, 0.5) is 17.6 Å². The van der Waals surface area contributed by atoms with Crippen molar-refractivity contribution in [3.63, 3.8) is 0 Å². The van der Waals surface area contributed by atoms with Crippen molar-refractivity contribution < 1.29 is 22.4 Å². The third-order valence-corrected chi connectivity index (χ3v) is 3.29. The summed E-state index contributed by atoms with van der Waals surface area (Å²) in [6, 6.07) is 8.11. The number of rotatable bonds is 3. The Kier molecular flexibility index (Phi) is 4.46. The van der Waals surface area contributed by atoms with Crippen molar-refractivity contribution in [1.82, 2.24) is 0 Å². The van der Waals surface area contributed by atoms with Gasteiger partial charge in [-0.05, 0) is 35.9 Å². The number of hydrogen-bond acceptors (Lipinski definition) is 1. The van der Waals surface area contributed by atoms with E-state index >= 15 is 0 Å². The zero-order chi connectivity index (χ0) is 15.6. The summed E-state index contributed by atoms with van der Waals surface area (Å²) in [5.74, 6) is -0.921. The van der Waals surface area contributed by atoms with Gasteiger partial charge in [0.1, 0.15) is 5.82 Å². The lowest BCUT2D eigenvalue weighted by molar-refractivity contribution is -0.137. The second-order valence-corrected chi connectivity index (χ2v) is 5.37. The summed E-state index contributed by atoms with van der Waals surface area (Å²) in [6.07, 6.45) is -4.50. The van der Waals surface area contributed by atoms with Crippen LogP contribution in [0.1, 0.15) is 21.5 Å². The molecule has 0 atom stereocenters. The van der Waals surface area contributed by atoms with Crippen molar-refractivity contribution in [3.8, 4) is 0 Å². The zero-order valence-electron chi connectivity index (χ0n) is 10.5. The Hall–Kier alpha value is -1.69. The first kappa shape index (κ1) is 15.7. The van der Waals surface area contributed by atoms with Gasteiger partial charge in [-0.25, -0.2) is 4.39 Å². The van der Waals surface area contributed by atoms with Crippen LogP contribution in [0.25, 0.3) is 0 Å². The molecule has 0 unspecified atom stereocenters. The van der Waals surface area contributed by atoms with Gasteiger partial charge in [0.15, 0.2) is 5.78 Å². The molecule has 0 amide bonds. The van der Waals surface area contributed by atoms with E-state index < -0.39 is 17.6 Å². The van der Waals surface area contributed by atoms with Gasteiger partial charge >= 0.3 is 6.18 Å². The van der Waals surface area contributed by atoms with E-state index in [-0.39, 0.29) is 17.8 Å². The third-order valence-electron chi connectivity index (χ3n) is 2.83. The summed E-state index contributed by atoms with van der Waals surface area (Å²) in [5.41, 5.74) is -0.164. The molecule has 6 heteroatoms. The molecular formula is C15H9BrF4O. The maximum absolute atomic E-state index is 13.2. The van der Waals surface area contributed by atoms with Crippen LogP contribution in [0.5, 0.6) is 0 Å². The van der Waals surface area contributed by atoms with Crippen molar-refractivity contribution in [2.45, 2.75) is 12.6 Å². The molecule has 0 spiro atoms. The molecule has 0 saturated carbocycles. The first-order chi connectivity index (χ1) is 9.75. The molecule has 0 radical (unpaired) electrons. The fraction of sp³-hybridized carbons (Fsp3) is 0.133. The van der Waals surface area contributed by atoms with E-state index in [1.54, 1.807) is 0 Å². The number of Topliss-reactive ketones (excluding diaryl/α,β-unsaturated/α-hetero) is 1. The molecule has 110 valence electrons. The molecule has 0 aliphatic heterocycles. The molecule has 0 fully saturated rings. The van der Waals surface area contributed by atoms with Crippen LogP contribution in [0.2, 0.25) is 0 Å². The van der Waals surface area contributed by atoms with Gasteiger partial charge in [0.05, 0.1) is 5.56 Å². The molecule has 0 bridgehead atoms. The lowest BCUT2D eigenvalue weighted by atomic mass is 10.0. The minimum Gasteiger partial charge on any atom is -0.294 e. The van der Waals surface area contributed by atoms with E-state index in [0.717, 1.165) is 18.2 Å². The Morgan fingerprint density at radius 3 is 2.19 bits per heavy atom. The first-order valence-corrected chi connectivity index (χ1v) is 6.70. The Morgan fingerprint density at radius 2 is 1.67 bits per heavy atom. The molecule has 0 heterocycles. The first-order valence-electron chi connectivity index (χ1n) is 5.91. The lowest BCUT2D eigenvalue weighted by Crippen LogP contribution is -2.07. The summed E-state index contributed by atoms with van der Waals surface area (Å²) in [7, 11) is 0. The Labute approximate surface area is 126 Å². The van der Waals surface area contributed by atoms with Gasteiger partial charge in [0, 0.05) is 16.5 Å². The maximum atomic E-state index is 13.2. The molecular weight excluding hydrogens is 352 g/mol. The van der Waals surface area contributed by atoms with Gasteiger partial charge in [-0.1, -0.05) is 28.1 Å². The number of halogens is 5. The average molecular weight is 361 g/mol. The zero-order valence-corrected chi connectivity index (χ0v) is 12.1. The molecule has 2 rings (SSSR count). The summed E-state index contributed by atoms with van der Waals surface area (Å²) < 4.78 is 50.9. The monoisotopic (exact) mass is 360 g/mol. The topological polar surface area (TPSA) is 17.1 Å². The van der Waals surface area contributed by atoms with Crippen LogP contribution in [-0.2, 0) is 12.6 Å². The van der Waals surface area contributed by atoms with Crippen molar-refractivity contribution in [1.29, 1.82) is 0 Å². The fourth-order valence-corrected chi connectivity index (χ4v) is 2.28. The number of benzene rings is 2. The third kappa shape index (κ3) is 4.14. The highest BCUT2D eigenvalue weighted by atomic mass is 79.9. The number of alkyl halides is 3. The van der Waals surface area contributed by atoms with Gasteiger partial charge in [-0.2, -0.15) is 13.2 Å². The van der Waals surface area contributed by atoms with Crippen molar-refractivity contribution >= 4 is 21.7 Å². The van der Waals surface area contributed by atoms with Crippen LogP contribution >= 0.6 is 15.9 Å². The normalized spacial score (nSPS) is 11.5. The van der Waals surface area contributed by atoms with E-state index in [0.29, 0.717) is 10.0 Å². The lowest BCUT2D eigenvalue weighted by Gasteiger charge is -2.07. The fourth-order valence-electron chi connectivity index (χ4n) is 1.81. The average Bonchev–Trinajstić information content (AvgIpc) is 2.37. The smallest absolute Gasteiger partial charge is 0.294 e.